The van der Waals surface area contributed by atoms with Gasteiger partial charge in [0.05, 0.1) is 19.2 Å². The molecule has 3 aromatic rings. The second-order valence-corrected chi connectivity index (χ2v) is 5.37. The van der Waals surface area contributed by atoms with Gasteiger partial charge in [0.15, 0.2) is 5.69 Å². The molecule has 2 aromatic carbocycles. The fourth-order valence-electron chi connectivity index (χ4n) is 2.69. The van der Waals surface area contributed by atoms with Gasteiger partial charge in [-0.25, -0.2) is 5.48 Å². The maximum absolute atomic E-state index is 11.3. The number of nitroso groups, excluding NO2 is 1. The smallest absolute Gasteiger partial charge is 0.274 e. The Morgan fingerprint density at radius 2 is 1.96 bits per heavy atom. The Morgan fingerprint density at radius 3 is 2.56 bits per heavy atom. The predicted octanol–water partition coefficient (Wildman–Crippen LogP) is 2.92. The molecule has 0 aliphatic rings. The van der Waals surface area contributed by atoms with E-state index in [4.69, 9.17) is 9.94 Å². The van der Waals surface area contributed by atoms with Crippen molar-refractivity contribution >= 4 is 22.5 Å². The van der Waals surface area contributed by atoms with Crippen molar-refractivity contribution < 1.29 is 19.8 Å². The first-order valence-electron chi connectivity index (χ1n) is 7.35. The van der Waals surface area contributed by atoms with E-state index in [0.29, 0.717) is 22.2 Å². The lowest BCUT2D eigenvalue weighted by molar-refractivity contribution is 0.0706. The number of ether oxygens (including phenoxy) is 1. The average Bonchev–Trinajstić information content (AvgIpc) is 2.92. The third-order valence-electron chi connectivity index (χ3n) is 3.97. The summed E-state index contributed by atoms with van der Waals surface area (Å²) in [5, 5.41) is 22.4. The summed E-state index contributed by atoms with van der Waals surface area (Å²) in [5.41, 5.74) is 3.23. The summed E-state index contributed by atoms with van der Waals surface area (Å²) in [6.45, 7) is 0.269. The minimum Gasteiger partial charge on any atom is -0.497 e. The minimum absolute atomic E-state index is 0.0508. The largest absolute Gasteiger partial charge is 0.497 e. The fraction of sp³-hybridized carbons (Fsp3) is 0.118. The first-order chi connectivity index (χ1) is 12.1. The van der Waals surface area contributed by atoms with Gasteiger partial charge in [-0.3, -0.25) is 10.0 Å². The van der Waals surface area contributed by atoms with E-state index in [-0.39, 0.29) is 18.1 Å². The number of benzene rings is 2. The molecule has 1 amide bonds. The summed E-state index contributed by atoms with van der Waals surface area (Å²) in [6.07, 6.45) is 0. The molecule has 1 heterocycles. The number of nitrogens with zero attached hydrogens (tertiary/aromatic N) is 2. The lowest BCUT2D eigenvalue weighted by Crippen LogP contribution is -2.18. The van der Waals surface area contributed by atoms with E-state index in [2.05, 4.69) is 5.18 Å². The molecule has 0 bridgehead atoms. The Hall–Kier alpha value is -3.39. The molecule has 8 heteroatoms. The van der Waals surface area contributed by atoms with Crippen LogP contribution in [0.3, 0.4) is 0 Å². The Balaban J connectivity index is 2.02. The molecule has 8 nitrogen and oxygen atoms in total. The Bertz CT molecular complexity index is 947. The van der Waals surface area contributed by atoms with E-state index < -0.39 is 5.91 Å². The van der Waals surface area contributed by atoms with E-state index in [9.17, 15) is 14.8 Å². The Kier molecular flexibility index (Phi) is 4.36. The highest BCUT2D eigenvalue weighted by Gasteiger charge is 2.18. The zero-order valence-electron chi connectivity index (χ0n) is 13.3. The summed E-state index contributed by atoms with van der Waals surface area (Å²) >= 11 is 0. The van der Waals surface area contributed by atoms with Crippen LogP contribution in [0.2, 0.25) is 0 Å². The molecule has 0 aliphatic carbocycles. The molecule has 0 unspecified atom stereocenters. The molecule has 0 radical (unpaired) electrons. The van der Waals surface area contributed by atoms with Crippen LogP contribution in [-0.4, -0.2) is 27.9 Å². The molecule has 0 saturated carbocycles. The van der Waals surface area contributed by atoms with Crippen molar-refractivity contribution in [3.8, 4) is 11.6 Å². The number of fused-ring (bicyclic) bond motifs is 1. The molecule has 0 fully saturated rings. The van der Waals surface area contributed by atoms with Crippen molar-refractivity contribution in [3.05, 3.63) is 58.5 Å². The summed E-state index contributed by atoms with van der Waals surface area (Å²) in [7, 11) is 1.51. The van der Waals surface area contributed by atoms with E-state index >= 15 is 0 Å². The maximum Gasteiger partial charge on any atom is 0.274 e. The highest BCUT2D eigenvalue weighted by molar-refractivity contribution is 5.96. The Morgan fingerprint density at radius 1 is 1.24 bits per heavy atom. The molecular formula is C17H15N3O5. The molecule has 25 heavy (non-hydrogen) atoms. The van der Waals surface area contributed by atoms with Gasteiger partial charge in [-0.05, 0) is 41.1 Å². The third-order valence-corrected chi connectivity index (χ3v) is 3.97. The van der Waals surface area contributed by atoms with Crippen LogP contribution < -0.4 is 10.2 Å². The normalized spacial score (nSPS) is 10.6. The number of aromatic hydroxyl groups is 1. The van der Waals surface area contributed by atoms with Crippen molar-refractivity contribution in [1.82, 2.24) is 10.0 Å². The molecule has 3 rings (SSSR count). The average molecular weight is 341 g/mol. The number of aromatic nitrogens is 1. The van der Waals surface area contributed by atoms with E-state index in [1.54, 1.807) is 52.5 Å². The van der Waals surface area contributed by atoms with Gasteiger partial charge in [0, 0.05) is 10.9 Å². The van der Waals surface area contributed by atoms with Crippen LogP contribution in [0.1, 0.15) is 15.9 Å². The number of amides is 1. The van der Waals surface area contributed by atoms with E-state index in [1.165, 1.54) is 7.11 Å². The van der Waals surface area contributed by atoms with Crippen LogP contribution in [0.4, 0.5) is 5.69 Å². The van der Waals surface area contributed by atoms with Gasteiger partial charge in [0.1, 0.15) is 5.75 Å². The van der Waals surface area contributed by atoms with Crippen molar-refractivity contribution in [2.24, 2.45) is 5.18 Å². The summed E-state index contributed by atoms with van der Waals surface area (Å²) in [5.74, 6) is -0.301. The number of rotatable bonds is 5. The maximum atomic E-state index is 11.3. The van der Waals surface area contributed by atoms with Crippen molar-refractivity contribution in [2.75, 3.05) is 7.11 Å². The van der Waals surface area contributed by atoms with Crippen LogP contribution in [-0.2, 0) is 6.54 Å². The second-order valence-electron chi connectivity index (χ2n) is 5.37. The summed E-state index contributed by atoms with van der Waals surface area (Å²) < 4.78 is 6.69. The van der Waals surface area contributed by atoms with Gasteiger partial charge in [0.25, 0.3) is 5.91 Å². The Labute approximate surface area is 142 Å². The number of hydrogen-bond donors (Lipinski definition) is 3. The topological polar surface area (TPSA) is 113 Å². The molecule has 0 aliphatic heterocycles. The zero-order valence-corrected chi connectivity index (χ0v) is 13.3. The number of carbonyl (C=O) groups is 1. The van der Waals surface area contributed by atoms with Crippen LogP contribution in [0.25, 0.3) is 10.9 Å². The molecule has 0 saturated heterocycles. The van der Waals surface area contributed by atoms with Gasteiger partial charge in [0.2, 0.25) is 5.88 Å². The number of hydrogen-bond acceptors (Lipinski definition) is 6. The third kappa shape index (κ3) is 2.90. The van der Waals surface area contributed by atoms with Crippen molar-refractivity contribution in [2.45, 2.75) is 6.54 Å². The van der Waals surface area contributed by atoms with Crippen molar-refractivity contribution in [1.29, 1.82) is 0 Å². The van der Waals surface area contributed by atoms with Gasteiger partial charge < -0.3 is 14.4 Å². The predicted molar refractivity (Wildman–Crippen MR) is 90.4 cm³/mol. The van der Waals surface area contributed by atoms with Gasteiger partial charge in [-0.2, -0.15) is 0 Å². The monoisotopic (exact) mass is 341 g/mol. The van der Waals surface area contributed by atoms with Crippen LogP contribution in [0.15, 0.2) is 47.6 Å². The molecule has 128 valence electrons. The number of hydroxylamine groups is 1. The van der Waals surface area contributed by atoms with Crippen LogP contribution in [0, 0.1) is 4.91 Å². The van der Waals surface area contributed by atoms with Gasteiger partial charge >= 0.3 is 0 Å². The second kappa shape index (κ2) is 6.62. The molecule has 0 spiro atoms. The lowest BCUT2D eigenvalue weighted by atomic mass is 10.1. The molecule has 3 N–H and O–H groups in total. The lowest BCUT2D eigenvalue weighted by Gasteiger charge is -2.08. The highest BCUT2D eigenvalue weighted by atomic mass is 16.5. The summed E-state index contributed by atoms with van der Waals surface area (Å²) in [6, 6.07) is 11.6. The molecular weight excluding hydrogens is 326 g/mol. The standard InChI is InChI=1S/C17H15N3O5/c1-25-12-6-7-14-13(8-12)15(18-23)17(22)20(14)9-10-2-4-11(5-3-10)16(21)19-24/h2-8,22,24H,9H2,1H3,(H,19,21). The van der Waals surface area contributed by atoms with Gasteiger partial charge in [-0.1, -0.05) is 12.1 Å². The number of nitrogens with one attached hydrogen (secondary N) is 1. The number of carbonyl (C=O) groups excluding carboxylic acids is 1. The minimum atomic E-state index is -0.611. The first-order valence-corrected chi connectivity index (χ1v) is 7.35. The van der Waals surface area contributed by atoms with E-state index in [0.717, 1.165) is 5.56 Å². The van der Waals surface area contributed by atoms with Gasteiger partial charge in [-0.15, -0.1) is 4.91 Å². The zero-order chi connectivity index (χ0) is 18.0. The van der Waals surface area contributed by atoms with Crippen LogP contribution >= 0.6 is 0 Å². The SMILES string of the molecule is COc1ccc2c(c1)c(N=O)c(O)n2Cc1ccc(C(=O)NO)cc1. The summed E-state index contributed by atoms with van der Waals surface area (Å²) in [4.78, 5) is 22.5. The van der Waals surface area contributed by atoms with E-state index in [1.807, 2.05) is 0 Å². The first kappa shape index (κ1) is 16.5. The molecule has 0 atom stereocenters. The number of methoxy groups -OCH3 is 1. The van der Waals surface area contributed by atoms with Crippen molar-refractivity contribution in [3.63, 3.8) is 0 Å². The molecule has 1 aromatic heterocycles. The van der Waals surface area contributed by atoms with Crippen LogP contribution in [0.5, 0.6) is 11.6 Å². The highest BCUT2D eigenvalue weighted by Crippen LogP contribution is 2.40. The fourth-order valence-corrected chi connectivity index (χ4v) is 2.69. The quantitative estimate of drug-likeness (QED) is 0.375.